The van der Waals surface area contributed by atoms with E-state index in [9.17, 15) is 0 Å². The first kappa shape index (κ1) is 32.1. The van der Waals surface area contributed by atoms with Crippen LogP contribution in [-0.2, 0) is 12.8 Å². The number of aromatic nitrogens is 5. The molecule has 0 saturated carbocycles. The van der Waals surface area contributed by atoms with Gasteiger partial charge in [0.25, 0.3) is 0 Å². The third-order valence-electron chi connectivity index (χ3n) is 13.3. The van der Waals surface area contributed by atoms with Crippen LogP contribution in [0.4, 0.5) is 0 Å². The lowest BCUT2D eigenvalue weighted by Gasteiger charge is -2.21. The van der Waals surface area contributed by atoms with E-state index in [1.54, 1.807) is 0 Å². The summed E-state index contributed by atoms with van der Waals surface area (Å²) < 4.78 is 7.18. The molecule has 5 heterocycles. The van der Waals surface area contributed by atoms with Gasteiger partial charge in [-0.25, -0.2) is 4.98 Å². The summed E-state index contributed by atoms with van der Waals surface area (Å²) in [6.45, 7) is 0. The first-order valence-electron chi connectivity index (χ1n) is 20.8. The summed E-state index contributed by atoms with van der Waals surface area (Å²) in [7, 11) is 0. The number of hydrogen-bond donors (Lipinski definition) is 1. The molecule has 1 aliphatic rings. The molecule has 5 aromatic heterocycles. The Balaban J connectivity index is 0.966. The molecule has 60 heavy (non-hydrogen) atoms. The van der Waals surface area contributed by atoms with Gasteiger partial charge in [0, 0.05) is 71.7 Å². The van der Waals surface area contributed by atoms with Crippen LogP contribution < -0.4 is 0 Å². The molecule has 0 amide bonds. The summed E-state index contributed by atoms with van der Waals surface area (Å²) in [6, 6.07) is 64.8. The van der Waals surface area contributed by atoms with E-state index in [0.29, 0.717) is 0 Å². The van der Waals surface area contributed by atoms with E-state index in [1.165, 1.54) is 98.6 Å². The number of fused-ring (bicyclic) bond motifs is 15. The summed E-state index contributed by atoms with van der Waals surface area (Å²) in [5.74, 6) is 0.920. The van der Waals surface area contributed by atoms with E-state index in [0.717, 1.165) is 40.9 Å². The number of nitrogens with one attached hydrogen (secondary N) is 1. The maximum atomic E-state index is 4.91. The zero-order chi connectivity index (χ0) is 39.1. The Hall–Kier alpha value is -7.89. The van der Waals surface area contributed by atoms with E-state index < -0.39 is 0 Å². The molecule has 5 nitrogen and oxygen atoms in total. The van der Waals surface area contributed by atoms with Gasteiger partial charge in [-0.15, -0.1) is 0 Å². The van der Waals surface area contributed by atoms with Crippen LogP contribution in [0, 0.1) is 0 Å². The topological polar surface area (TPSA) is 43.5 Å². The van der Waals surface area contributed by atoms with Crippen molar-refractivity contribution in [2.75, 3.05) is 0 Å². The predicted octanol–water partition coefficient (Wildman–Crippen LogP) is 13.8. The van der Waals surface area contributed by atoms with Gasteiger partial charge < -0.3 is 14.1 Å². The van der Waals surface area contributed by atoms with Crippen molar-refractivity contribution < 1.29 is 0 Å². The van der Waals surface area contributed by atoms with Gasteiger partial charge in [0.15, 0.2) is 0 Å². The maximum Gasteiger partial charge on any atom is 0.137 e. The number of para-hydroxylation sites is 4. The van der Waals surface area contributed by atoms with E-state index in [-0.39, 0.29) is 0 Å². The summed E-state index contributed by atoms with van der Waals surface area (Å²) in [6.07, 6.45) is 3.88. The van der Waals surface area contributed by atoms with Crippen LogP contribution in [-0.4, -0.2) is 23.7 Å². The van der Waals surface area contributed by atoms with Gasteiger partial charge in [0.05, 0.1) is 33.1 Å². The highest BCUT2D eigenvalue weighted by Gasteiger charge is 2.24. The molecular formula is C55H35N5. The molecule has 14 rings (SSSR count). The molecule has 280 valence electrons. The van der Waals surface area contributed by atoms with Crippen LogP contribution in [0.5, 0.6) is 0 Å². The number of nitrogens with zero attached hydrogens (tertiary/aromatic N) is 4. The maximum absolute atomic E-state index is 4.91. The average Bonchev–Trinajstić information content (AvgIpc) is 4.03. The van der Waals surface area contributed by atoms with Crippen LogP contribution >= 0.6 is 0 Å². The first-order chi connectivity index (χ1) is 29.7. The Morgan fingerprint density at radius 3 is 1.43 bits per heavy atom. The predicted molar refractivity (Wildman–Crippen MR) is 249 cm³/mol. The van der Waals surface area contributed by atoms with Gasteiger partial charge in [-0.2, -0.15) is 0 Å². The standard InChI is InChI=1S/C55H35N5/c1-5-15-49-37(11-1)38-12-2-6-16-50(38)58(49)35-22-24-47-44(29-35)43-27-33-20-21-34-28-45-46-30-36(59-51-17-7-3-13-39(51)40-14-4-8-18-52(40)59)23-25-53(46)60(55-19-9-10-26-56-55)54(45)32-42(34)41(33)31-48(43)57-47/h1-19,22-32,57H,20-21H2. The van der Waals surface area contributed by atoms with Crippen molar-refractivity contribution in [2.24, 2.45) is 0 Å². The van der Waals surface area contributed by atoms with Crippen LogP contribution in [0.1, 0.15) is 11.1 Å². The Morgan fingerprint density at radius 2 is 0.833 bits per heavy atom. The fraction of sp³-hybridized carbons (Fsp3) is 0.0364. The number of rotatable bonds is 3. The molecule has 5 heteroatoms. The largest absolute Gasteiger partial charge is 0.354 e. The van der Waals surface area contributed by atoms with Gasteiger partial charge in [-0.1, -0.05) is 78.9 Å². The summed E-state index contributed by atoms with van der Waals surface area (Å²) >= 11 is 0. The van der Waals surface area contributed by atoms with E-state index in [2.05, 4.69) is 189 Å². The van der Waals surface area contributed by atoms with Crippen molar-refractivity contribution >= 4 is 87.2 Å². The SMILES string of the molecule is c1ccc(-n2c3ccc(-n4c5ccccc5c5ccccc54)cc3c3cc4c(cc32)-c2cc3[nH]c5ccc(-n6c7ccccc7c7ccccc76)cc5c3cc2CC4)nc1. The minimum absolute atomic E-state index is 0.920. The van der Waals surface area contributed by atoms with E-state index in [1.807, 2.05) is 12.3 Å². The number of aryl methyl sites for hydroxylation is 2. The second kappa shape index (κ2) is 11.8. The zero-order valence-corrected chi connectivity index (χ0v) is 32.5. The Labute approximate surface area is 344 Å². The van der Waals surface area contributed by atoms with Crippen molar-refractivity contribution in [3.05, 3.63) is 193 Å². The third-order valence-corrected chi connectivity index (χ3v) is 13.3. The van der Waals surface area contributed by atoms with Gasteiger partial charge in [0.2, 0.25) is 0 Å². The van der Waals surface area contributed by atoms with Crippen molar-refractivity contribution in [1.29, 1.82) is 0 Å². The average molecular weight is 766 g/mol. The molecular weight excluding hydrogens is 731 g/mol. The molecule has 1 N–H and O–H groups in total. The van der Waals surface area contributed by atoms with Gasteiger partial charge >= 0.3 is 0 Å². The molecule has 13 aromatic rings. The number of aromatic amines is 1. The minimum atomic E-state index is 0.920. The van der Waals surface area contributed by atoms with Gasteiger partial charge in [-0.05, 0) is 132 Å². The normalized spacial score (nSPS) is 12.9. The quantitative estimate of drug-likeness (QED) is 0.191. The molecule has 0 aliphatic heterocycles. The van der Waals surface area contributed by atoms with Crippen molar-refractivity contribution in [3.63, 3.8) is 0 Å². The lowest BCUT2D eigenvalue weighted by Crippen LogP contribution is -2.04. The van der Waals surface area contributed by atoms with Crippen molar-refractivity contribution in [3.8, 4) is 28.3 Å². The molecule has 0 fully saturated rings. The summed E-state index contributed by atoms with van der Waals surface area (Å²) in [5, 5.41) is 10.1. The molecule has 0 saturated heterocycles. The number of pyridine rings is 1. The highest BCUT2D eigenvalue weighted by Crippen LogP contribution is 2.44. The fourth-order valence-electron chi connectivity index (χ4n) is 10.7. The Kier molecular flexibility index (Phi) is 6.34. The van der Waals surface area contributed by atoms with Gasteiger partial charge in [-0.3, -0.25) is 4.57 Å². The van der Waals surface area contributed by atoms with Crippen LogP contribution in [0.3, 0.4) is 0 Å². The number of hydrogen-bond acceptors (Lipinski definition) is 1. The fourth-order valence-corrected chi connectivity index (χ4v) is 10.7. The molecule has 0 spiro atoms. The van der Waals surface area contributed by atoms with Crippen LogP contribution in [0.15, 0.2) is 182 Å². The second-order valence-corrected chi connectivity index (χ2v) is 16.4. The van der Waals surface area contributed by atoms with Crippen LogP contribution in [0.25, 0.3) is 116 Å². The molecule has 0 radical (unpaired) electrons. The zero-order valence-electron chi connectivity index (χ0n) is 32.5. The molecule has 0 unspecified atom stereocenters. The highest BCUT2D eigenvalue weighted by atomic mass is 15.1. The molecule has 0 atom stereocenters. The lowest BCUT2D eigenvalue weighted by molar-refractivity contribution is 0.946. The van der Waals surface area contributed by atoms with E-state index in [4.69, 9.17) is 4.98 Å². The van der Waals surface area contributed by atoms with Crippen LogP contribution in [0.2, 0.25) is 0 Å². The number of H-pyrrole nitrogens is 1. The smallest absolute Gasteiger partial charge is 0.137 e. The van der Waals surface area contributed by atoms with Crippen molar-refractivity contribution in [2.45, 2.75) is 12.8 Å². The monoisotopic (exact) mass is 765 g/mol. The second-order valence-electron chi connectivity index (χ2n) is 16.4. The lowest BCUT2D eigenvalue weighted by atomic mass is 9.84. The number of benzene rings is 8. The molecule has 8 aromatic carbocycles. The Bertz CT molecular complexity index is 3840. The van der Waals surface area contributed by atoms with Gasteiger partial charge in [0.1, 0.15) is 5.82 Å². The third kappa shape index (κ3) is 4.33. The molecule has 0 bridgehead atoms. The molecule has 1 aliphatic carbocycles. The first-order valence-corrected chi connectivity index (χ1v) is 20.8. The van der Waals surface area contributed by atoms with Crippen molar-refractivity contribution in [1.82, 2.24) is 23.7 Å². The summed E-state index contributed by atoms with van der Waals surface area (Å²) in [4.78, 5) is 8.73. The Morgan fingerprint density at radius 1 is 0.350 bits per heavy atom. The summed E-state index contributed by atoms with van der Waals surface area (Å²) in [5.41, 5.74) is 17.3. The minimum Gasteiger partial charge on any atom is -0.354 e. The highest BCUT2D eigenvalue weighted by molar-refractivity contribution is 6.15. The van der Waals surface area contributed by atoms with E-state index >= 15 is 0 Å².